The van der Waals surface area contributed by atoms with Crippen LogP contribution >= 0.6 is 0 Å². The van der Waals surface area contributed by atoms with Crippen molar-refractivity contribution >= 4 is 21.7 Å². The number of pyridine rings is 1. The number of H-pyrrole nitrogens is 1. The van der Waals surface area contributed by atoms with Crippen LogP contribution in [0.25, 0.3) is 21.7 Å². The van der Waals surface area contributed by atoms with Gasteiger partial charge in [-0.25, -0.2) is 4.98 Å². The summed E-state index contributed by atoms with van der Waals surface area (Å²) < 4.78 is 0. The molecular formula is C13H9LiNO+. The largest absolute Gasteiger partial charge is 1.00 e. The molecule has 0 aliphatic heterocycles. The Morgan fingerprint density at radius 2 is 1.62 bits per heavy atom. The summed E-state index contributed by atoms with van der Waals surface area (Å²) in [5, 5.41) is 14.8. The number of nitrogens with one attached hydrogen (secondary N) is 1. The van der Waals surface area contributed by atoms with Crippen LogP contribution in [-0.2, 0) is 0 Å². The molecule has 0 saturated heterocycles. The molecule has 16 heavy (non-hydrogen) atoms. The normalized spacial score (nSPS) is 10.2. The fourth-order valence-electron chi connectivity index (χ4n) is 1.92. The van der Waals surface area contributed by atoms with Gasteiger partial charge in [-0.05, 0) is 17.9 Å². The van der Waals surface area contributed by atoms with Gasteiger partial charge in [0.2, 0.25) is 5.52 Å². The molecule has 0 radical (unpaired) electrons. The van der Waals surface area contributed by atoms with Crippen molar-refractivity contribution in [2.24, 2.45) is 0 Å². The second kappa shape index (κ2) is 4.17. The topological polar surface area (TPSA) is 37.2 Å². The van der Waals surface area contributed by atoms with Crippen molar-refractivity contribution in [2.75, 3.05) is 0 Å². The van der Waals surface area contributed by atoms with Crippen LogP contribution < -0.4 is 29.0 Å². The number of para-hydroxylation sites is 1. The van der Waals surface area contributed by atoms with E-state index in [9.17, 15) is 5.11 Å². The molecule has 72 valence electrons. The van der Waals surface area contributed by atoms with Crippen molar-refractivity contribution in [1.82, 2.24) is 0 Å². The predicted octanol–water partition coefficient (Wildman–Crippen LogP) is -1.12. The smallest absolute Gasteiger partial charge is 0.868 e. The van der Waals surface area contributed by atoms with Gasteiger partial charge in [-0.15, -0.1) is 0 Å². The van der Waals surface area contributed by atoms with Crippen molar-refractivity contribution in [2.45, 2.75) is 0 Å². The summed E-state index contributed by atoms with van der Waals surface area (Å²) in [5.74, 6) is 0.0400. The number of hydrogen-bond donors (Lipinski definition) is 0. The Bertz CT molecular complexity index is 652. The first-order chi connectivity index (χ1) is 7.36. The number of hydrogen-bond acceptors (Lipinski definition) is 1. The average Bonchev–Trinajstić information content (AvgIpc) is 2.29. The quantitative estimate of drug-likeness (QED) is 0.336. The fourth-order valence-corrected chi connectivity index (χ4v) is 1.92. The molecule has 0 unspecified atom stereocenters. The van der Waals surface area contributed by atoms with E-state index >= 15 is 0 Å². The zero-order valence-electron chi connectivity index (χ0n) is 9.03. The minimum absolute atomic E-state index is 0. The zero-order chi connectivity index (χ0) is 10.3. The zero-order valence-corrected chi connectivity index (χ0v) is 9.03. The van der Waals surface area contributed by atoms with Gasteiger partial charge in [-0.3, -0.25) is 0 Å². The fraction of sp³-hybridized carbons (Fsp3) is 0. The summed E-state index contributed by atoms with van der Waals surface area (Å²) in [5.41, 5.74) is 0.677. The molecule has 3 heteroatoms. The molecule has 0 saturated carbocycles. The maximum absolute atomic E-state index is 11.6. The molecule has 0 amide bonds. The summed E-state index contributed by atoms with van der Waals surface area (Å²) in [7, 11) is 0. The van der Waals surface area contributed by atoms with E-state index in [0.29, 0.717) is 5.52 Å². The van der Waals surface area contributed by atoms with E-state index in [-0.39, 0.29) is 24.6 Å². The van der Waals surface area contributed by atoms with Crippen molar-refractivity contribution < 1.29 is 29.0 Å². The van der Waals surface area contributed by atoms with Crippen LogP contribution in [-0.4, -0.2) is 0 Å². The second-order valence-electron chi connectivity index (χ2n) is 3.55. The Kier molecular flexibility index (Phi) is 2.87. The third kappa shape index (κ3) is 1.57. The maximum atomic E-state index is 11.6. The van der Waals surface area contributed by atoms with Crippen LogP contribution in [0.15, 0.2) is 48.7 Å². The van der Waals surface area contributed by atoms with Crippen LogP contribution in [0, 0.1) is 0 Å². The van der Waals surface area contributed by atoms with E-state index < -0.39 is 0 Å². The minimum Gasteiger partial charge on any atom is -0.868 e. The molecular weight excluding hydrogens is 193 g/mol. The van der Waals surface area contributed by atoms with E-state index in [1.807, 2.05) is 36.5 Å². The van der Waals surface area contributed by atoms with Crippen LogP contribution in [0.3, 0.4) is 0 Å². The molecule has 2 aromatic carbocycles. The number of aromatic nitrogens is 1. The number of fused-ring (bicyclic) bond motifs is 3. The van der Waals surface area contributed by atoms with E-state index in [2.05, 4.69) is 4.98 Å². The Balaban J connectivity index is 0.000000963. The third-order valence-electron chi connectivity index (χ3n) is 2.65. The Labute approximate surface area is 105 Å². The summed E-state index contributed by atoms with van der Waals surface area (Å²) in [6.45, 7) is 0. The van der Waals surface area contributed by atoms with Crippen LogP contribution in [0.1, 0.15) is 0 Å². The SMILES string of the molecule is [Li+].[O-]c1cccc2c1[nH+]cc1ccccc12. The average molecular weight is 202 g/mol. The standard InChI is InChI=1S/C13H9NO.Li/c15-12-7-3-6-11-10-5-2-1-4-9(10)8-14-13(11)12;/h1-8,15H;/q;+1. The predicted molar refractivity (Wildman–Crippen MR) is 57.5 cm³/mol. The number of rotatable bonds is 0. The first-order valence-electron chi connectivity index (χ1n) is 4.85. The molecule has 3 rings (SSSR count). The van der Waals surface area contributed by atoms with Gasteiger partial charge in [0.25, 0.3) is 0 Å². The van der Waals surface area contributed by atoms with Gasteiger partial charge in [-0.2, -0.15) is 0 Å². The summed E-state index contributed by atoms with van der Waals surface area (Å²) in [6.07, 6.45) is 1.87. The van der Waals surface area contributed by atoms with Crippen LogP contribution in [0.5, 0.6) is 5.75 Å². The summed E-state index contributed by atoms with van der Waals surface area (Å²) in [6, 6.07) is 13.4. The Morgan fingerprint density at radius 1 is 0.875 bits per heavy atom. The number of benzene rings is 2. The molecule has 0 aliphatic carbocycles. The molecule has 1 N–H and O–H groups in total. The number of aromatic amines is 1. The first kappa shape index (κ1) is 11.0. The van der Waals surface area contributed by atoms with Gasteiger partial charge < -0.3 is 5.11 Å². The van der Waals surface area contributed by atoms with E-state index in [0.717, 1.165) is 16.2 Å². The van der Waals surface area contributed by atoms with Gasteiger partial charge in [0, 0.05) is 10.8 Å². The van der Waals surface area contributed by atoms with E-state index in [1.165, 1.54) is 0 Å². The molecule has 3 aromatic rings. The molecule has 1 aromatic heterocycles. The Hall–Kier alpha value is -1.49. The monoisotopic (exact) mass is 202 g/mol. The maximum Gasteiger partial charge on any atom is 1.00 e. The van der Waals surface area contributed by atoms with Crippen LogP contribution in [0.2, 0.25) is 0 Å². The van der Waals surface area contributed by atoms with Crippen molar-refractivity contribution in [3.8, 4) is 5.75 Å². The van der Waals surface area contributed by atoms with E-state index in [1.54, 1.807) is 12.1 Å². The summed E-state index contributed by atoms with van der Waals surface area (Å²) in [4.78, 5) is 3.05. The van der Waals surface area contributed by atoms with Crippen molar-refractivity contribution in [3.63, 3.8) is 0 Å². The van der Waals surface area contributed by atoms with Crippen molar-refractivity contribution in [3.05, 3.63) is 48.7 Å². The van der Waals surface area contributed by atoms with Gasteiger partial charge in [0.1, 0.15) is 0 Å². The van der Waals surface area contributed by atoms with Crippen molar-refractivity contribution in [1.29, 1.82) is 0 Å². The molecule has 0 spiro atoms. The summed E-state index contributed by atoms with van der Waals surface area (Å²) >= 11 is 0. The molecule has 0 aliphatic rings. The molecule has 2 nitrogen and oxygen atoms in total. The van der Waals surface area contributed by atoms with Gasteiger partial charge in [0.05, 0.1) is 5.39 Å². The second-order valence-corrected chi connectivity index (χ2v) is 3.55. The van der Waals surface area contributed by atoms with E-state index in [4.69, 9.17) is 0 Å². The Morgan fingerprint density at radius 3 is 2.50 bits per heavy atom. The molecule has 0 fully saturated rings. The van der Waals surface area contributed by atoms with Gasteiger partial charge >= 0.3 is 18.9 Å². The molecule has 0 bridgehead atoms. The first-order valence-corrected chi connectivity index (χ1v) is 4.85. The van der Waals surface area contributed by atoms with Gasteiger partial charge in [-0.1, -0.05) is 30.3 Å². The molecule has 1 heterocycles. The van der Waals surface area contributed by atoms with Gasteiger partial charge in [0.15, 0.2) is 6.20 Å². The minimum atomic E-state index is 0. The van der Waals surface area contributed by atoms with Crippen LogP contribution in [0.4, 0.5) is 0 Å². The third-order valence-corrected chi connectivity index (χ3v) is 2.65. The molecule has 0 atom stereocenters.